The molecule has 0 bridgehead atoms. The summed E-state index contributed by atoms with van der Waals surface area (Å²) in [7, 11) is 0. The zero-order valence-electron chi connectivity index (χ0n) is 33.6. The monoisotopic (exact) mass is 781 g/mol. The summed E-state index contributed by atoms with van der Waals surface area (Å²) in [5.41, 5.74) is 12.7. The van der Waals surface area contributed by atoms with Crippen molar-refractivity contribution >= 4 is 88.0 Å². The molecule has 2 atom stereocenters. The molecular weight excluding hydrogens is 743 g/mol. The number of para-hydroxylation sites is 4. The van der Waals surface area contributed by atoms with Crippen LogP contribution in [0.15, 0.2) is 204 Å². The van der Waals surface area contributed by atoms with Gasteiger partial charge in [-0.15, -0.1) is 0 Å². The first-order chi connectivity index (χ1) is 30.2. The van der Waals surface area contributed by atoms with Gasteiger partial charge < -0.3 is 8.80 Å². The normalized spacial score (nSPS) is 15.9. The van der Waals surface area contributed by atoms with Crippen LogP contribution >= 0.6 is 0 Å². The fraction of sp³-hybridized carbons (Fsp3) is 0.0714. The summed E-state index contributed by atoms with van der Waals surface area (Å²) < 4.78 is 7.55. The highest BCUT2D eigenvalue weighted by Crippen LogP contribution is 2.43. The highest BCUT2D eigenvalue weighted by atomic mass is 15.1. The molecule has 0 saturated heterocycles. The van der Waals surface area contributed by atoms with Gasteiger partial charge in [0.15, 0.2) is 5.84 Å². The summed E-state index contributed by atoms with van der Waals surface area (Å²) in [4.78, 5) is 11.1. The molecule has 0 amide bonds. The number of rotatable bonds is 4. The molecule has 2 unspecified atom stereocenters. The van der Waals surface area contributed by atoms with Crippen LogP contribution in [0.5, 0.6) is 0 Å². The number of aromatic nitrogens is 3. The van der Waals surface area contributed by atoms with Gasteiger partial charge in [0.05, 0.1) is 50.4 Å². The van der Waals surface area contributed by atoms with Gasteiger partial charge in [0.1, 0.15) is 5.84 Å². The van der Waals surface area contributed by atoms with E-state index in [1.165, 1.54) is 65.4 Å². The largest absolute Gasteiger partial charge is 0.307 e. The topological polar surface area (TPSA) is 38.5 Å². The van der Waals surface area contributed by atoms with Gasteiger partial charge in [-0.3, -0.25) is 9.56 Å². The van der Waals surface area contributed by atoms with Gasteiger partial charge in [0.2, 0.25) is 0 Å². The van der Waals surface area contributed by atoms with E-state index in [9.17, 15) is 0 Å². The zero-order chi connectivity index (χ0) is 40.2. The third-order valence-electron chi connectivity index (χ3n) is 13.2. The smallest absolute Gasteiger partial charge is 0.157 e. The molecule has 5 heteroatoms. The molecule has 1 aliphatic rings. The highest BCUT2D eigenvalue weighted by Gasteiger charge is 2.34. The highest BCUT2D eigenvalue weighted by molar-refractivity contribution is 6.24. The second kappa shape index (κ2) is 13.1. The summed E-state index contributed by atoms with van der Waals surface area (Å²) in [5, 5.41) is 8.54. The van der Waals surface area contributed by atoms with E-state index < -0.39 is 0 Å². The molecule has 8 aromatic carbocycles. The molecule has 5 nitrogen and oxygen atoms in total. The molecular formula is C56H39N5. The summed E-state index contributed by atoms with van der Waals surface area (Å²) >= 11 is 0. The van der Waals surface area contributed by atoms with E-state index >= 15 is 0 Å². The lowest BCUT2D eigenvalue weighted by molar-refractivity contribution is 0.522. The maximum atomic E-state index is 5.61. The molecule has 0 radical (unpaired) electrons. The molecule has 5 heterocycles. The Morgan fingerprint density at radius 3 is 1.75 bits per heavy atom. The molecule has 0 aliphatic carbocycles. The summed E-state index contributed by atoms with van der Waals surface area (Å²) in [6.45, 7) is 2.28. The fourth-order valence-corrected chi connectivity index (χ4v) is 10.5. The Morgan fingerprint density at radius 1 is 0.443 bits per heavy atom. The number of aliphatic imine (C=N–C) groups is 2. The van der Waals surface area contributed by atoms with Crippen molar-refractivity contribution in [1.29, 1.82) is 0 Å². The first-order valence-corrected chi connectivity index (χ1v) is 21.3. The fourth-order valence-electron chi connectivity index (χ4n) is 10.5. The Morgan fingerprint density at radius 2 is 1.02 bits per heavy atom. The molecule has 4 aromatic heterocycles. The maximum Gasteiger partial charge on any atom is 0.157 e. The van der Waals surface area contributed by atoms with Crippen molar-refractivity contribution in [1.82, 2.24) is 13.4 Å². The third-order valence-corrected chi connectivity index (χ3v) is 13.2. The van der Waals surface area contributed by atoms with Crippen LogP contribution in [0.1, 0.15) is 30.5 Å². The van der Waals surface area contributed by atoms with Gasteiger partial charge in [-0.2, -0.15) is 0 Å². The molecule has 0 fully saturated rings. The van der Waals surface area contributed by atoms with E-state index in [2.05, 4.69) is 214 Å². The number of hydrogen-bond donors (Lipinski definition) is 0. The number of nitrogens with zero attached hydrogens (tertiary/aromatic N) is 5. The van der Waals surface area contributed by atoms with Crippen LogP contribution in [-0.4, -0.2) is 25.0 Å². The third kappa shape index (κ3) is 4.89. The van der Waals surface area contributed by atoms with Gasteiger partial charge in [-0.25, -0.2) is 4.99 Å². The van der Waals surface area contributed by atoms with Gasteiger partial charge in [0, 0.05) is 49.2 Å². The molecule has 1 aliphatic heterocycles. The minimum atomic E-state index is -0.104. The van der Waals surface area contributed by atoms with E-state index in [-0.39, 0.29) is 12.0 Å². The molecule has 288 valence electrons. The molecule has 61 heavy (non-hydrogen) atoms. The van der Waals surface area contributed by atoms with Gasteiger partial charge in [-0.1, -0.05) is 171 Å². The van der Waals surface area contributed by atoms with Crippen molar-refractivity contribution in [3.63, 3.8) is 0 Å². The van der Waals surface area contributed by atoms with Crippen molar-refractivity contribution in [3.8, 4) is 11.3 Å². The molecule has 0 saturated carbocycles. The molecule has 12 aromatic rings. The van der Waals surface area contributed by atoms with Gasteiger partial charge >= 0.3 is 0 Å². The Hall–Kier alpha value is -7.76. The lowest BCUT2D eigenvalue weighted by atomic mass is 9.88. The first-order valence-electron chi connectivity index (χ1n) is 21.3. The van der Waals surface area contributed by atoms with E-state index in [1.54, 1.807) is 0 Å². The Labute approximate surface area is 351 Å². The minimum absolute atomic E-state index is 0.0244. The predicted molar refractivity (Wildman–Crippen MR) is 256 cm³/mol. The SMILES string of the molecule is CCC1C(n2c3ccccc3c3cc4c(cc32)n2c3ccccc3c3cccc(c5cccc6cc(-c7ccccc7)n4c65)c32)=NC(c2ccccc2)=NC1c1ccccc1. The minimum Gasteiger partial charge on any atom is -0.307 e. The number of hydrogen-bond acceptors (Lipinski definition) is 2. The van der Waals surface area contributed by atoms with Crippen molar-refractivity contribution in [2.75, 3.05) is 0 Å². The Balaban J connectivity index is 1.25. The van der Waals surface area contributed by atoms with Crippen molar-refractivity contribution in [2.45, 2.75) is 19.4 Å². The molecule has 13 rings (SSSR count). The number of benzene rings is 8. The van der Waals surface area contributed by atoms with E-state index in [0.29, 0.717) is 0 Å². The second-order valence-corrected chi connectivity index (χ2v) is 16.4. The van der Waals surface area contributed by atoms with E-state index in [0.717, 1.165) is 51.4 Å². The van der Waals surface area contributed by atoms with Crippen molar-refractivity contribution in [2.24, 2.45) is 15.9 Å². The number of amidine groups is 1. The average molecular weight is 782 g/mol. The van der Waals surface area contributed by atoms with Crippen LogP contribution in [0, 0.1) is 5.92 Å². The van der Waals surface area contributed by atoms with Crippen LogP contribution < -0.4 is 0 Å². The zero-order valence-corrected chi connectivity index (χ0v) is 33.6. The van der Waals surface area contributed by atoms with Crippen LogP contribution in [0.25, 0.3) is 87.6 Å². The van der Waals surface area contributed by atoms with Crippen LogP contribution in [0.2, 0.25) is 0 Å². The lowest BCUT2D eigenvalue weighted by Crippen LogP contribution is -2.32. The van der Waals surface area contributed by atoms with Crippen molar-refractivity contribution in [3.05, 3.63) is 205 Å². The quantitative estimate of drug-likeness (QED) is 0.171. The standard InChI is InChI=1S/C56H39N5/c1-2-39-52(36-20-8-4-9-21-36)57-55(37-22-10-5-11-23-37)58-56(39)61-47-31-15-13-26-41(47)45-33-50-51(34-49(45)61)59-46-30-14-12-25-40(46)42-28-17-29-44(54(42)59)43-27-16-24-38-32-48(60(50)53(38)43)35-18-6-3-7-19-35/h3-34,39,52H,2H2,1H3. The van der Waals surface area contributed by atoms with E-state index in [1.807, 2.05) is 0 Å². The summed E-state index contributed by atoms with van der Waals surface area (Å²) in [5.74, 6) is 1.80. The van der Waals surface area contributed by atoms with Crippen LogP contribution in [0.4, 0.5) is 0 Å². The van der Waals surface area contributed by atoms with Gasteiger partial charge in [0.25, 0.3) is 0 Å². The Kier molecular flexibility index (Phi) is 7.34. The van der Waals surface area contributed by atoms with Crippen LogP contribution in [-0.2, 0) is 0 Å². The Bertz CT molecular complexity index is 3790. The average Bonchev–Trinajstić information content (AvgIpc) is 3.99. The van der Waals surface area contributed by atoms with E-state index in [4.69, 9.17) is 9.98 Å². The van der Waals surface area contributed by atoms with Gasteiger partial charge in [-0.05, 0) is 47.9 Å². The van der Waals surface area contributed by atoms with Crippen LogP contribution in [0.3, 0.4) is 0 Å². The summed E-state index contributed by atoms with van der Waals surface area (Å²) in [6, 6.07) is 70.7. The van der Waals surface area contributed by atoms with Crippen molar-refractivity contribution < 1.29 is 0 Å². The molecule has 0 spiro atoms. The predicted octanol–water partition coefficient (Wildman–Crippen LogP) is 14.1. The molecule has 0 N–H and O–H groups in total. The maximum absolute atomic E-state index is 5.61. The lowest BCUT2D eigenvalue weighted by Gasteiger charge is -2.30. The first kappa shape index (κ1) is 34.1. The number of fused-ring (bicyclic) bond motifs is 10. The summed E-state index contributed by atoms with van der Waals surface area (Å²) in [6.07, 6.45) is 0.873. The second-order valence-electron chi connectivity index (χ2n) is 16.4.